The summed E-state index contributed by atoms with van der Waals surface area (Å²) >= 11 is 1.44. The number of carbonyl (C=O) groups excluding carboxylic acids is 1. The topological polar surface area (TPSA) is 59.8 Å². The number of carbonyl (C=O) groups is 1. The van der Waals surface area contributed by atoms with Crippen LogP contribution in [-0.2, 0) is 4.79 Å². The van der Waals surface area contributed by atoms with E-state index in [-0.39, 0.29) is 11.9 Å². The summed E-state index contributed by atoms with van der Waals surface area (Å²) in [6.45, 7) is 3.86. The Morgan fingerprint density at radius 2 is 2.47 bits per heavy atom. The van der Waals surface area contributed by atoms with Gasteiger partial charge in [-0.1, -0.05) is 0 Å². The number of nitrogens with one attached hydrogen (secondary N) is 1. The predicted molar refractivity (Wildman–Crippen MR) is 67.0 cm³/mol. The molecule has 0 spiro atoms. The van der Waals surface area contributed by atoms with Gasteiger partial charge in [0.15, 0.2) is 5.13 Å². The molecule has 0 saturated heterocycles. The zero-order valence-electron chi connectivity index (χ0n) is 9.75. The molecular formula is C11H14N4OS. The zero-order valence-corrected chi connectivity index (χ0v) is 10.6. The van der Waals surface area contributed by atoms with Crippen molar-refractivity contribution in [1.82, 2.24) is 14.8 Å². The number of hydrogen-bond donors (Lipinski definition) is 1. The third-order valence-corrected chi connectivity index (χ3v) is 3.20. The Kier molecular flexibility index (Phi) is 3.53. The van der Waals surface area contributed by atoms with Crippen LogP contribution in [0.3, 0.4) is 0 Å². The molecule has 5 nitrogen and oxygen atoms in total. The lowest BCUT2D eigenvalue weighted by Crippen LogP contribution is -2.17. The summed E-state index contributed by atoms with van der Waals surface area (Å²) in [7, 11) is 0. The third kappa shape index (κ3) is 3.13. The fraction of sp³-hybridized carbons (Fsp3) is 0.364. The Labute approximate surface area is 103 Å². The number of anilines is 1. The summed E-state index contributed by atoms with van der Waals surface area (Å²) in [5.74, 6) is -0.0395. The molecule has 2 aromatic heterocycles. The van der Waals surface area contributed by atoms with Crippen LogP contribution in [0.15, 0.2) is 23.8 Å². The van der Waals surface area contributed by atoms with Crippen LogP contribution in [0.4, 0.5) is 5.13 Å². The third-order valence-electron chi connectivity index (χ3n) is 2.32. The first kappa shape index (κ1) is 11.8. The molecule has 6 heteroatoms. The van der Waals surface area contributed by atoms with Gasteiger partial charge in [0.05, 0.1) is 11.7 Å². The number of hydrogen-bond acceptors (Lipinski definition) is 4. The molecule has 0 aromatic carbocycles. The molecule has 0 aliphatic heterocycles. The van der Waals surface area contributed by atoms with Crippen molar-refractivity contribution in [3.63, 3.8) is 0 Å². The molecule has 0 bridgehead atoms. The van der Waals surface area contributed by atoms with Crippen molar-refractivity contribution >= 4 is 22.4 Å². The van der Waals surface area contributed by atoms with E-state index in [0.717, 1.165) is 5.69 Å². The van der Waals surface area contributed by atoms with Gasteiger partial charge in [0, 0.05) is 24.2 Å². The highest BCUT2D eigenvalue weighted by molar-refractivity contribution is 7.13. The normalized spacial score (nSPS) is 12.4. The Morgan fingerprint density at radius 1 is 1.65 bits per heavy atom. The van der Waals surface area contributed by atoms with Crippen molar-refractivity contribution in [2.24, 2.45) is 0 Å². The van der Waals surface area contributed by atoms with Gasteiger partial charge in [-0.3, -0.25) is 9.48 Å². The van der Waals surface area contributed by atoms with E-state index in [1.807, 2.05) is 31.5 Å². The maximum absolute atomic E-state index is 11.7. The van der Waals surface area contributed by atoms with E-state index in [2.05, 4.69) is 15.4 Å². The maximum Gasteiger partial charge on any atom is 0.228 e. The van der Waals surface area contributed by atoms with Crippen LogP contribution in [0.25, 0.3) is 0 Å². The van der Waals surface area contributed by atoms with E-state index in [9.17, 15) is 4.79 Å². The van der Waals surface area contributed by atoms with Crippen LogP contribution in [0.1, 0.15) is 25.1 Å². The van der Waals surface area contributed by atoms with E-state index in [0.29, 0.717) is 11.6 Å². The second kappa shape index (κ2) is 5.09. The molecule has 0 fully saturated rings. The molecule has 90 valence electrons. The first-order chi connectivity index (χ1) is 8.15. The first-order valence-corrected chi connectivity index (χ1v) is 6.24. The number of aryl methyl sites for hydroxylation is 1. The highest BCUT2D eigenvalue weighted by Gasteiger charge is 2.12. The summed E-state index contributed by atoms with van der Waals surface area (Å²) in [6.07, 6.45) is 3.95. The minimum atomic E-state index is -0.0395. The fourth-order valence-electron chi connectivity index (χ4n) is 1.48. The summed E-state index contributed by atoms with van der Waals surface area (Å²) in [6, 6.07) is 1.89. The van der Waals surface area contributed by atoms with Crippen LogP contribution in [0.5, 0.6) is 0 Å². The fourth-order valence-corrected chi connectivity index (χ4v) is 2.19. The number of thiazole rings is 1. The average molecular weight is 250 g/mol. The second-order valence-corrected chi connectivity index (χ2v) is 4.74. The quantitative estimate of drug-likeness (QED) is 0.905. The second-order valence-electron chi connectivity index (χ2n) is 3.88. The molecule has 2 heterocycles. The number of nitrogens with zero attached hydrogens (tertiary/aromatic N) is 3. The molecule has 0 aliphatic rings. The van der Waals surface area contributed by atoms with Crippen LogP contribution in [0, 0.1) is 6.92 Å². The largest absolute Gasteiger partial charge is 0.302 e. The lowest BCUT2D eigenvalue weighted by atomic mass is 10.2. The maximum atomic E-state index is 11.7. The SMILES string of the molecule is Cc1csc(NC(=O)CC(C)n2cccn2)n1. The van der Waals surface area contributed by atoms with E-state index in [1.54, 1.807) is 10.9 Å². The molecule has 0 saturated carbocycles. The Hall–Kier alpha value is -1.69. The molecule has 17 heavy (non-hydrogen) atoms. The zero-order chi connectivity index (χ0) is 12.3. The van der Waals surface area contributed by atoms with Gasteiger partial charge in [-0.15, -0.1) is 11.3 Å². The minimum Gasteiger partial charge on any atom is -0.302 e. The monoisotopic (exact) mass is 250 g/mol. The van der Waals surface area contributed by atoms with E-state index >= 15 is 0 Å². The van der Waals surface area contributed by atoms with Gasteiger partial charge in [0.2, 0.25) is 5.91 Å². The molecule has 2 aromatic rings. The number of aromatic nitrogens is 3. The van der Waals surface area contributed by atoms with Gasteiger partial charge in [-0.05, 0) is 19.9 Å². The lowest BCUT2D eigenvalue weighted by molar-refractivity contribution is -0.116. The van der Waals surface area contributed by atoms with Crippen molar-refractivity contribution in [3.8, 4) is 0 Å². The molecular weight excluding hydrogens is 236 g/mol. The standard InChI is InChI=1S/C11H14N4OS/c1-8-7-17-11(13-8)14-10(16)6-9(2)15-5-3-4-12-15/h3-5,7,9H,6H2,1-2H3,(H,13,14,16). The molecule has 1 amide bonds. The number of amides is 1. The van der Waals surface area contributed by atoms with E-state index in [1.165, 1.54) is 11.3 Å². The van der Waals surface area contributed by atoms with Crippen molar-refractivity contribution in [3.05, 3.63) is 29.5 Å². The molecule has 1 N–H and O–H groups in total. The van der Waals surface area contributed by atoms with E-state index in [4.69, 9.17) is 0 Å². The molecule has 0 radical (unpaired) electrons. The molecule has 2 rings (SSSR count). The van der Waals surface area contributed by atoms with Gasteiger partial charge in [0.1, 0.15) is 0 Å². The Morgan fingerprint density at radius 3 is 3.06 bits per heavy atom. The van der Waals surface area contributed by atoms with Gasteiger partial charge in [-0.2, -0.15) is 5.10 Å². The Balaban J connectivity index is 1.89. The first-order valence-electron chi connectivity index (χ1n) is 5.36. The van der Waals surface area contributed by atoms with Crippen molar-refractivity contribution in [2.75, 3.05) is 5.32 Å². The van der Waals surface area contributed by atoms with Crippen molar-refractivity contribution in [2.45, 2.75) is 26.3 Å². The van der Waals surface area contributed by atoms with Gasteiger partial charge < -0.3 is 5.32 Å². The van der Waals surface area contributed by atoms with Crippen LogP contribution >= 0.6 is 11.3 Å². The highest BCUT2D eigenvalue weighted by atomic mass is 32.1. The van der Waals surface area contributed by atoms with Gasteiger partial charge >= 0.3 is 0 Å². The minimum absolute atomic E-state index is 0.0395. The summed E-state index contributed by atoms with van der Waals surface area (Å²) < 4.78 is 1.77. The smallest absolute Gasteiger partial charge is 0.228 e. The van der Waals surface area contributed by atoms with Gasteiger partial charge in [-0.25, -0.2) is 4.98 Å². The Bertz CT molecular complexity index is 491. The average Bonchev–Trinajstić information content (AvgIpc) is 2.89. The lowest BCUT2D eigenvalue weighted by Gasteiger charge is -2.10. The van der Waals surface area contributed by atoms with E-state index < -0.39 is 0 Å². The molecule has 0 aliphatic carbocycles. The number of rotatable bonds is 4. The highest BCUT2D eigenvalue weighted by Crippen LogP contribution is 2.16. The molecule has 1 atom stereocenters. The molecule has 1 unspecified atom stereocenters. The van der Waals surface area contributed by atoms with Crippen LogP contribution in [0.2, 0.25) is 0 Å². The van der Waals surface area contributed by atoms with Crippen LogP contribution in [-0.4, -0.2) is 20.7 Å². The summed E-state index contributed by atoms with van der Waals surface area (Å²) in [4.78, 5) is 15.9. The summed E-state index contributed by atoms with van der Waals surface area (Å²) in [5.41, 5.74) is 0.922. The predicted octanol–water partition coefficient (Wildman–Crippen LogP) is 2.24. The van der Waals surface area contributed by atoms with Crippen LogP contribution < -0.4 is 5.32 Å². The van der Waals surface area contributed by atoms with Crippen molar-refractivity contribution < 1.29 is 4.79 Å². The van der Waals surface area contributed by atoms with Crippen molar-refractivity contribution in [1.29, 1.82) is 0 Å². The van der Waals surface area contributed by atoms with Gasteiger partial charge in [0.25, 0.3) is 0 Å². The summed E-state index contributed by atoms with van der Waals surface area (Å²) in [5, 5.41) is 9.45.